The maximum Gasteiger partial charge on any atom is 0.0584 e. The summed E-state index contributed by atoms with van der Waals surface area (Å²) in [7, 11) is 0. The van der Waals surface area contributed by atoms with Crippen LogP contribution in [0.1, 0.15) is 96.8 Å². The van der Waals surface area contributed by atoms with E-state index < -0.39 is 0 Å². The molecule has 1 aliphatic carbocycles. The van der Waals surface area contributed by atoms with Crippen molar-refractivity contribution in [1.29, 1.82) is 0 Å². The van der Waals surface area contributed by atoms with Crippen LogP contribution in [-0.2, 0) is 0 Å². The lowest BCUT2D eigenvalue weighted by molar-refractivity contribution is 0.216. The highest BCUT2D eigenvalue weighted by molar-refractivity contribution is 4.76. The Morgan fingerprint density at radius 1 is 0.900 bits per heavy atom. The first-order valence-corrected chi connectivity index (χ1v) is 9.23. The van der Waals surface area contributed by atoms with Gasteiger partial charge < -0.3 is 10.4 Å². The Morgan fingerprint density at radius 3 is 2.10 bits per heavy atom. The summed E-state index contributed by atoms with van der Waals surface area (Å²) in [5.41, 5.74) is 0. The second-order valence-electron chi connectivity index (χ2n) is 6.64. The van der Waals surface area contributed by atoms with Crippen molar-refractivity contribution in [1.82, 2.24) is 5.32 Å². The molecule has 0 amide bonds. The van der Waals surface area contributed by atoms with Gasteiger partial charge in [0.25, 0.3) is 0 Å². The number of unbranched alkanes of at least 4 members (excludes halogenated alkanes) is 6. The third-order valence-electron chi connectivity index (χ3n) is 4.70. The molecule has 0 bridgehead atoms. The van der Waals surface area contributed by atoms with E-state index in [2.05, 4.69) is 12.2 Å². The molecule has 1 atom stereocenters. The molecule has 1 saturated carbocycles. The van der Waals surface area contributed by atoms with Crippen molar-refractivity contribution in [2.75, 3.05) is 6.61 Å². The van der Waals surface area contributed by atoms with Crippen LogP contribution in [-0.4, -0.2) is 23.8 Å². The molecule has 0 aliphatic heterocycles. The number of aliphatic hydroxyl groups is 1. The third-order valence-corrected chi connectivity index (χ3v) is 4.70. The van der Waals surface area contributed by atoms with E-state index in [1.54, 1.807) is 0 Å². The Hall–Kier alpha value is -0.0800. The van der Waals surface area contributed by atoms with Crippen LogP contribution < -0.4 is 5.32 Å². The molecule has 1 aliphatic rings. The number of aliphatic hydroxyl groups excluding tert-OH is 1. The van der Waals surface area contributed by atoms with Gasteiger partial charge in [0.2, 0.25) is 0 Å². The van der Waals surface area contributed by atoms with E-state index in [9.17, 15) is 5.11 Å². The van der Waals surface area contributed by atoms with E-state index in [-0.39, 0.29) is 0 Å². The molecule has 0 saturated heterocycles. The zero-order valence-corrected chi connectivity index (χ0v) is 13.7. The Morgan fingerprint density at radius 2 is 1.50 bits per heavy atom. The summed E-state index contributed by atoms with van der Waals surface area (Å²) in [6.45, 7) is 2.58. The summed E-state index contributed by atoms with van der Waals surface area (Å²) < 4.78 is 0. The Balaban J connectivity index is 2.03. The normalized spacial score (nSPS) is 18.9. The highest BCUT2D eigenvalue weighted by Gasteiger charge is 2.16. The molecule has 1 rings (SSSR count). The molecule has 2 heteroatoms. The molecular weight excluding hydrogens is 246 g/mol. The van der Waals surface area contributed by atoms with Crippen molar-refractivity contribution in [3.8, 4) is 0 Å². The van der Waals surface area contributed by atoms with Gasteiger partial charge in [-0.1, -0.05) is 77.6 Å². The summed E-state index contributed by atoms with van der Waals surface area (Å²) >= 11 is 0. The molecule has 0 radical (unpaired) electrons. The zero-order valence-electron chi connectivity index (χ0n) is 13.7. The van der Waals surface area contributed by atoms with Crippen LogP contribution in [0.25, 0.3) is 0 Å². The van der Waals surface area contributed by atoms with Gasteiger partial charge in [-0.3, -0.25) is 0 Å². The predicted octanol–water partition coefficient (Wildman–Crippen LogP) is 4.80. The molecule has 0 aromatic rings. The van der Waals surface area contributed by atoms with E-state index in [1.165, 1.54) is 83.5 Å². The highest BCUT2D eigenvalue weighted by atomic mass is 16.3. The average molecular weight is 284 g/mol. The minimum Gasteiger partial charge on any atom is -0.395 e. The monoisotopic (exact) mass is 283 g/mol. The standard InChI is InChI=1S/C18H37NO/c1-2-3-4-5-6-7-12-15-18(16-20)19-17-13-10-8-9-11-14-17/h17-20H,2-16H2,1H3. The van der Waals surface area contributed by atoms with Crippen molar-refractivity contribution < 1.29 is 5.11 Å². The molecule has 120 valence electrons. The molecule has 0 spiro atoms. The topological polar surface area (TPSA) is 32.3 Å². The highest BCUT2D eigenvalue weighted by Crippen LogP contribution is 2.18. The third kappa shape index (κ3) is 8.97. The fraction of sp³-hybridized carbons (Fsp3) is 1.00. The average Bonchev–Trinajstić information content (AvgIpc) is 2.73. The summed E-state index contributed by atoms with van der Waals surface area (Å²) in [5, 5.41) is 13.2. The smallest absolute Gasteiger partial charge is 0.0584 e. The van der Waals surface area contributed by atoms with E-state index in [4.69, 9.17) is 0 Å². The maximum absolute atomic E-state index is 9.54. The number of hydrogen-bond acceptors (Lipinski definition) is 2. The second kappa shape index (κ2) is 12.6. The fourth-order valence-electron chi connectivity index (χ4n) is 3.35. The van der Waals surface area contributed by atoms with Crippen molar-refractivity contribution in [3.63, 3.8) is 0 Å². The molecular formula is C18H37NO. The van der Waals surface area contributed by atoms with Gasteiger partial charge in [0.05, 0.1) is 6.61 Å². The van der Waals surface area contributed by atoms with E-state index in [1.807, 2.05) is 0 Å². The number of hydrogen-bond donors (Lipinski definition) is 2. The summed E-state index contributed by atoms with van der Waals surface area (Å²) in [4.78, 5) is 0. The van der Waals surface area contributed by atoms with Gasteiger partial charge in [-0.05, 0) is 19.3 Å². The quantitative estimate of drug-likeness (QED) is 0.422. The van der Waals surface area contributed by atoms with Crippen LogP contribution in [0.4, 0.5) is 0 Å². The maximum atomic E-state index is 9.54. The molecule has 1 fully saturated rings. The lowest BCUT2D eigenvalue weighted by atomic mass is 10.0. The summed E-state index contributed by atoms with van der Waals surface area (Å²) in [6, 6.07) is 1.01. The molecule has 0 heterocycles. The zero-order chi connectivity index (χ0) is 14.5. The lowest BCUT2D eigenvalue weighted by Gasteiger charge is -2.23. The minimum atomic E-state index is 0.312. The Kier molecular flexibility index (Phi) is 11.4. The van der Waals surface area contributed by atoms with Crippen molar-refractivity contribution in [3.05, 3.63) is 0 Å². The lowest BCUT2D eigenvalue weighted by Crippen LogP contribution is -2.40. The van der Waals surface area contributed by atoms with Gasteiger partial charge in [-0.25, -0.2) is 0 Å². The van der Waals surface area contributed by atoms with Crippen LogP contribution in [0.15, 0.2) is 0 Å². The predicted molar refractivity (Wildman–Crippen MR) is 88.1 cm³/mol. The van der Waals surface area contributed by atoms with Gasteiger partial charge >= 0.3 is 0 Å². The van der Waals surface area contributed by atoms with Gasteiger partial charge in [0.15, 0.2) is 0 Å². The summed E-state index contributed by atoms with van der Waals surface area (Å²) in [5.74, 6) is 0. The largest absolute Gasteiger partial charge is 0.395 e. The van der Waals surface area contributed by atoms with E-state index in [0.29, 0.717) is 18.7 Å². The second-order valence-corrected chi connectivity index (χ2v) is 6.64. The molecule has 2 N–H and O–H groups in total. The van der Waals surface area contributed by atoms with Crippen LogP contribution >= 0.6 is 0 Å². The molecule has 20 heavy (non-hydrogen) atoms. The van der Waals surface area contributed by atoms with Crippen molar-refractivity contribution in [2.45, 2.75) is 109 Å². The SMILES string of the molecule is CCCCCCCCCC(CO)NC1CCCCCC1. The van der Waals surface area contributed by atoms with Gasteiger partial charge in [-0.15, -0.1) is 0 Å². The van der Waals surface area contributed by atoms with Crippen molar-refractivity contribution in [2.24, 2.45) is 0 Å². The first-order valence-electron chi connectivity index (χ1n) is 9.23. The minimum absolute atomic E-state index is 0.312. The Labute approximate surface area is 126 Å². The van der Waals surface area contributed by atoms with Crippen LogP contribution in [0.2, 0.25) is 0 Å². The summed E-state index contributed by atoms with van der Waals surface area (Å²) in [6.07, 6.45) is 18.8. The van der Waals surface area contributed by atoms with Gasteiger partial charge in [0, 0.05) is 12.1 Å². The van der Waals surface area contributed by atoms with Crippen LogP contribution in [0.5, 0.6) is 0 Å². The van der Waals surface area contributed by atoms with Gasteiger partial charge in [-0.2, -0.15) is 0 Å². The van der Waals surface area contributed by atoms with E-state index in [0.717, 1.165) is 6.42 Å². The first-order chi connectivity index (χ1) is 9.86. The number of rotatable bonds is 11. The van der Waals surface area contributed by atoms with Gasteiger partial charge in [0.1, 0.15) is 0 Å². The molecule has 0 aromatic carbocycles. The molecule has 1 unspecified atom stereocenters. The number of nitrogens with one attached hydrogen (secondary N) is 1. The Bertz CT molecular complexity index is 200. The molecule has 0 aromatic heterocycles. The van der Waals surface area contributed by atoms with Crippen LogP contribution in [0.3, 0.4) is 0 Å². The van der Waals surface area contributed by atoms with Crippen molar-refractivity contribution >= 4 is 0 Å². The first kappa shape index (κ1) is 18.0. The van der Waals surface area contributed by atoms with Crippen LogP contribution in [0, 0.1) is 0 Å². The fourth-order valence-corrected chi connectivity index (χ4v) is 3.35. The van der Waals surface area contributed by atoms with E-state index >= 15 is 0 Å². The molecule has 2 nitrogen and oxygen atoms in total.